The summed E-state index contributed by atoms with van der Waals surface area (Å²) in [6, 6.07) is 3.37. The van der Waals surface area contributed by atoms with Crippen LogP contribution in [0.5, 0.6) is 0 Å². The van der Waals surface area contributed by atoms with Gasteiger partial charge in [0.2, 0.25) is 0 Å². The zero-order chi connectivity index (χ0) is 13.0. The van der Waals surface area contributed by atoms with E-state index >= 15 is 0 Å². The Bertz CT molecular complexity index is 415. The number of rotatable bonds is 4. The van der Waals surface area contributed by atoms with Crippen LogP contribution in [0.1, 0.15) is 10.4 Å². The van der Waals surface area contributed by atoms with Gasteiger partial charge in [-0.15, -0.1) is 0 Å². The highest BCUT2D eigenvalue weighted by Crippen LogP contribution is 2.17. The van der Waals surface area contributed by atoms with Crippen molar-refractivity contribution in [3.05, 3.63) is 34.1 Å². The lowest BCUT2D eigenvalue weighted by atomic mass is 10.2. The van der Waals surface area contributed by atoms with Gasteiger partial charge in [-0.25, -0.2) is 13.2 Å². The first kappa shape index (κ1) is 14.0. The van der Waals surface area contributed by atoms with E-state index in [1.165, 1.54) is 6.07 Å². The average Bonchev–Trinajstić information content (AvgIpc) is 2.25. The molecule has 0 aliphatic rings. The predicted octanol–water partition coefficient (Wildman–Crippen LogP) is 1.94. The summed E-state index contributed by atoms with van der Waals surface area (Å²) in [6.07, 6.45) is -4.84. The molecule has 1 aromatic rings. The number of hydrogen-bond donors (Lipinski definition) is 2. The predicted molar refractivity (Wildman–Crippen MR) is 58.4 cm³/mol. The zero-order valence-corrected chi connectivity index (χ0v) is 10.0. The number of carbonyl (C=O) groups excluding carboxylic acids is 1. The third-order valence-corrected chi connectivity index (χ3v) is 2.59. The van der Waals surface area contributed by atoms with E-state index in [1.807, 2.05) is 0 Å². The van der Waals surface area contributed by atoms with Crippen LogP contribution >= 0.6 is 15.9 Å². The van der Waals surface area contributed by atoms with Crippen molar-refractivity contribution in [3.63, 3.8) is 0 Å². The number of carbonyl (C=O) groups is 1. The van der Waals surface area contributed by atoms with E-state index in [4.69, 9.17) is 5.11 Å². The minimum atomic E-state index is -2.92. The van der Waals surface area contributed by atoms with E-state index in [-0.39, 0.29) is 10.0 Å². The fraction of sp³-hybridized carbons (Fsp3) is 0.300. The maximum absolute atomic E-state index is 12.7. The lowest BCUT2D eigenvalue weighted by Crippen LogP contribution is -2.35. The molecule has 3 nitrogen and oxygen atoms in total. The van der Waals surface area contributed by atoms with Gasteiger partial charge < -0.3 is 10.4 Å². The van der Waals surface area contributed by atoms with Gasteiger partial charge in [-0.2, -0.15) is 0 Å². The minimum Gasteiger partial charge on any atom is -0.385 e. The van der Waals surface area contributed by atoms with Gasteiger partial charge in [0.25, 0.3) is 12.3 Å². The molecule has 17 heavy (non-hydrogen) atoms. The number of amides is 1. The summed E-state index contributed by atoms with van der Waals surface area (Å²) >= 11 is 2.97. The van der Waals surface area contributed by atoms with E-state index in [0.717, 1.165) is 12.1 Å². The van der Waals surface area contributed by atoms with Gasteiger partial charge in [0, 0.05) is 11.0 Å². The quantitative estimate of drug-likeness (QED) is 0.893. The molecule has 2 N–H and O–H groups in total. The highest BCUT2D eigenvalue weighted by atomic mass is 79.9. The van der Waals surface area contributed by atoms with Gasteiger partial charge >= 0.3 is 0 Å². The summed E-state index contributed by atoms with van der Waals surface area (Å²) in [7, 11) is 0. The molecule has 1 rings (SSSR count). The number of halogens is 4. The second-order valence-corrected chi connectivity index (χ2v) is 4.09. The van der Waals surface area contributed by atoms with E-state index in [9.17, 15) is 18.0 Å². The molecule has 0 aliphatic heterocycles. The molecule has 0 heterocycles. The van der Waals surface area contributed by atoms with Crippen LogP contribution in [0.2, 0.25) is 0 Å². The highest BCUT2D eigenvalue weighted by Gasteiger charge is 2.18. The Hall–Kier alpha value is -1.08. The first-order valence-corrected chi connectivity index (χ1v) is 5.40. The zero-order valence-electron chi connectivity index (χ0n) is 8.46. The Kier molecular flexibility index (Phi) is 4.95. The van der Waals surface area contributed by atoms with Crippen LogP contribution in [0, 0.1) is 5.82 Å². The van der Waals surface area contributed by atoms with E-state index < -0.39 is 30.8 Å². The maximum Gasteiger partial charge on any atom is 0.265 e. The van der Waals surface area contributed by atoms with Crippen LogP contribution in [0.3, 0.4) is 0 Å². The molecule has 1 atom stereocenters. The van der Waals surface area contributed by atoms with Crippen LogP contribution in [0.4, 0.5) is 13.2 Å². The molecule has 0 saturated heterocycles. The van der Waals surface area contributed by atoms with Crippen molar-refractivity contribution in [2.45, 2.75) is 12.5 Å². The van der Waals surface area contributed by atoms with E-state index in [1.54, 1.807) is 0 Å². The average molecular weight is 312 g/mol. The number of alkyl halides is 2. The molecule has 0 aliphatic carbocycles. The summed E-state index contributed by atoms with van der Waals surface area (Å²) in [5, 5.41) is 10.9. The number of aliphatic hydroxyl groups is 1. The topological polar surface area (TPSA) is 49.3 Å². The molecular weight excluding hydrogens is 303 g/mol. The van der Waals surface area contributed by atoms with Crippen molar-refractivity contribution < 1.29 is 23.1 Å². The van der Waals surface area contributed by atoms with Crippen molar-refractivity contribution in [1.29, 1.82) is 0 Å². The molecular formula is C10H9BrF3NO2. The molecule has 1 amide bonds. The van der Waals surface area contributed by atoms with Gasteiger partial charge in [-0.05, 0) is 34.1 Å². The Labute approximate surface area is 104 Å². The smallest absolute Gasteiger partial charge is 0.265 e. The van der Waals surface area contributed by atoms with Gasteiger partial charge in [0.1, 0.15) is 11.9 Å². The highest BCUT2D eigenvalue weighted by molar-refractivity contribution is 9.10. The standard InChI is InChI=1S/C10H9BrF3NO2/c11-7-3-5(12)1-2-6(7)10(17)15-4-8(16)9(13)14/h1-3,8-9,16H,4H2,(H,15,17). The lowest BCUT2D eigenvalue weighted by molar-refractivity contribution is -0.00270. The molecule has 7 heteroatoms. The monoisotopic (exact) mass is 311 g/mol. The van der Waals surface area contributed by atoms with Crippen molar-refractivity contribution in [2.75, 3.05) is 6.54 Å². The van der Waals surface area contributed by atoms with Crippen molar-refractivity contribution in [1.82, 2.24) is 5.32 Å². The summed E-state index contributed by atoms with van der Waals surface area (Å²) in [5.74, 6) is -1.20. The third-order valence-electron chi connectivity index (χ3n) is 1.94. The van der Waals surface area contributed by atoms with Crippen LogP contribution < -0.4 is 5.32 Å². The molecule has 0 aromatic heterocycles. The van der Waals surface area contributed by atoms with Gasteiger partial charge in [0.15, 0.2) is 0 Å². The molecule has 1 aromatic carbocycles. The SMILES string of the molecule is O=C(NCC(O)C(F)F)c1ccc(F)cc1Br. The normalized spacial score (nSPS) is 12.6. The first-order chi connectivity index (χ1) is 7.91. The number of nitrogens with one attached hydrogen (secondary N) is 1. The Morgan fingerprint density at radius 2 is 2.12 bits per heavy atom. The van der Waals surface area contributed by atoms with E-state index in [2.05, 4.69) is 21.2 Å². The number of benzene rings is 1. The van der Waals surface area contributed by atoms with Crippen LogP contribution in [-0.2, 0) is 0 Å². The molecule has 1 unspecified atom stereocenters. The Morgan fingerprint density at radius 1 is 1.47 bits per heavy atom. The second kappa shape index (κ2) is 6.02. The summed E-state index contributed by atoms with van der Waals surface area (Å²) < 4.78 is 36.8. The van der Waals surface area contributed by atoms with Crippen LogP contribution in [-0.4, -0.2) is 30.1 Å². The van der Waals surface area contributed by atoms with Crippen molar-refractivity contribution >= 4 is 21.8 Å². The summed E-state index contributed by atoms with van der Waals surface area (Å²) in [4.78, 5) is 11.5. The molecule has 0 radical (unpaired) electrons. The largest absolute Gasteiger partial charge is 0.385 e. The first-order valence-electron chi connectivity index (χ1n) is 4.61. The van der Waals surface area contributed by atoms with E-state index in [0.29, 0.717) is 0 Å². The molecule has 94 valence electrons. The third kappa shape index (κ3) is 4.01. The Morgan fingerprint density at radius 3 is 2.65 bits per heavy atom. The van der Waals surface area contributed by atoms with Crippen molar-refractivity contribution in [2.24, 2.45) is 0 Å². The molecule has 0 spiro atoms. The fourth-order valence-corrected chi connectivity index (χ4v) is 1.59. The number of aliphatic hydroxyl groups excluding tert-OH is 1. The van der Waals surface area contributed by atoms with Gasteiger partial charge in [0.05, 0.1) is 5.56 Å². The minimum absolute atomic E-state index is 0.105. The second-order valence-electron chi connectivity index (χ2n) is 3.24. The van der Waals surface area contributed by atoms with Crippen molar-refractivity contribution in [3.8, 4) is 0 Å². The van der Waals surface area contributed by atoms with Gasteiger partial charge in [-0.3, -0.25) is 4.79 Å². The molecule has 0 saturated carbocycles. The molecule has 0 bridgehead atoms. The number of hydrogen-bond acceptors (Lipinski definition) is 2. The van der Waals surface area contributed by atoms with Crippen LogP contribution in [0.25, 0.3) is 0 Å². The van der Waals surface area contributed by atoms with Gasteiger partial charge in [-0.1, -0.05) is 0 Å². The summed E-state index contributed by atoms with van der Waals surface area (Å²) in [5.41, 5.74) is 0.105. The fourth-order valence-electron chi connectivity index (χ4n) is 1.06. The van der Waals surface area contributed by atoms with Crippen LogP contribution in [0.15, 0.2) is 22.7 Å². The molecule has 0 fully saturated rings. The Balaban J connectivity index is 2.64. The summed E-state index contributed by atoms with van der Waals surface area (Å²) in [6.45, 7) is -0.569. The maximum atomic E-state index is 12.7. The lowest BCUT2D eigenvalue weighted by Gasteiger charge is -2.11.